The van der Waals surface area contributed by atoms with Crippen LogP contribution in [-0.4, -0.2) is 42.2 Å². The maximum Gasteiger partial charge on any atom is 0.351 e. The molecule has 0 heterocycles. The van der Waals surface area contributed by atoms with E-state index in [0.29, 0.717) is 0 Å². The van der Waals surface area contributed by atoms with Crippen molar-refractivity contribution in [2.45, 2.75) is 9.87 Å². The number of thiol groups is 2. The number of carboxylic acids is 2. The molecule has 0 saturated heterocycles. The van der Waals surface area contributed by atoms with E-state index in [0.717, 1.165) is 0 Å². The largest absolute Gasteiger partial charge is 0.478 e. The summed E-state index contributed by atoms with van der Waals surface area (Å²) >= 11 is 6.10. The topological polar surface area (TPSA) is 115 Å². The van der Waals surface area contributed by atoms with E-state index >= 15 is 0 Å². The molecule has 0 aromatic carbocycles. The van der Waals surface area contributed by atoms with E-state index in [4.69, 9.17) is 20.4 Å². The third kappa shape index (κ3) is 1.66. The molecule has 0 aromatic rings. The van der Waals surface area contributed by atoms with Crippen molar-refractivity contribution in [3.8, 4) is 0 Å². The fourth-order valence-corrected chi connectivity index (χ4v) is 0.490. The van der Waals surface area contributed by atoms with E-state index in [-0.39, 0.29) is 0 Å². The summed E-state index contributed by atoms with van der Waals surface area (Å²) in [5.74, 6) is -4.02. The Morgan fingerprint density at radius 1 is 0.917 bits per heavy atom. The quantitative estimate of drug-likeness (QED) is 0.249. The number of hydrogen-bond acceptors (Lipinski definition) is 6. The van der Waals surface area contributed by atoms with Gasteiger partial charge in [-0.2, -0.15) is 0 Å². The highest BCUT2D eigenvalue weighted by Gasteiger charge is 2.56. The molecular weight excluding hydrogens is 208 g/mol. The Morgan fingerprint density at radius 2 is 1.08 bits per heavy atom. The fraction of sp³-hybridized carbons (Fsp3) is 0.500. The highest BCUT2D eigenvalue weighted by atomic mass is 32.1. The molecule has 0 aliphatic carbocycles. The molecule has 0 unspecified atom stereocenters. The van der Waals surface area contributed by atoms with E-state index in [1.165, 1.54) is 0 Å². The molecule has 0 fully saturated rings. The van der Waals surface area contributed by atoms with Crippen LogP contribution in [0.1, 0.15) is 0 Å². The monoisotopic (exact) mass is 214 g/mol. The Morgan fingerprint density at radius 3 is 1.17 bits per heavy atom. The summed E-state index contributed by atoms with van der Waals surface area (Å²) in [5.41, 5.74) is 0. The minimum Gasteiger partial charge on any atom is -0.478 e. The van der Waals surface area contributed by atoms with Crippen LogP contribution in [0.4, 0.5) is 0 Å². The summed E-state index contributed by atoms with van der Waals surface area (Å²) in [6.07, 6.45) is 0. The number of aliphatic hydroxyl groups is 2. The van der Waals surface area contributed by atoms with E-state index in [1.54, 1.807) is 0 Å². The van der Waals surface area contributed by atoms with Crippen LogP contribution >= 0.6 is 25.3 Å². The molecule has 0 radical (unpaired) electrons. The molecule has 0 amide bonds. The molecule has 2 atom stereocenters. The zero-order chi connectivity index (χ0) is 10.2. The van der Waals surface area contributed by atoms with Gasteiger partial charge in [0.05, 0.1) is 0 Å². The molecule has 4 N–H and O–H groups in total. The van der Waals surface area contributed by atoms with Gasteiger partial charge in [0.15, 0.2) is 0 Å². The molecule has 0 aliphatic heterocycles. The van der Waals surface area contributed by atoms with E-state index in [1.807, 2.05) is 0 Å². The summed E-state index contributed by atoms with van der Waals surface area (Å²) in [6.45, 7) is 0. The van der Waals surface area contributed by atoms with Gasteiger partial charge in [-0.15, -0.1) is 25.3 Å². The van der Waals surface area contributed by atoms with Gasteiger partial charge in [0.2, 0.25) is 0 Å². The van der Waals surface area contributed by atoms with Gasteiger partial charge < -0.3 is 20.4 Å². The summed E-state index contributed by atoms with van der Waals surface area (Å²) < 4.78 is 0. The molecule has 8 heteroatoms. The molecule has 0 aliphatic rings. The van der Waals surface area contributed by atoms with Crippen LogP contribution in [0.3, 0.4) is 0 Å². The van der Waals surface area contributed by atoms with Crippen LogP contribution in [0, 0.1) is 0 Å². The fourth-order valence-electron chi connectivity index (χ4n) is 0.298. The van der Waals surface area contributed by atoms with Crippen LogP contribution in [0.25, 0.3) is 0 Å². The van der Waals surface area contributed by atoms with Crippen molar-refractivity contribution in [2.24, 2.45) is 0 Å². The van der Waals surface area contributed by atoms with Gasteiger partial charge in [-0.05, 0) is 0 Å². The third-order valence-corrected chi connectivity index (χ3v) is 2.29. The molecular formula is C4H6O6S2. The van der Waals surface area contributed by atoms with E-state index in [2.05, 4.69) is 25.3 Å². The molecule has 0 spiro atoms. The molecule has 0 aromatic heterocycles. The standard InChI is InChI=1S/C4H6O6S2/c5-1(6)3(9,11)4(10,12)2(7)8/h9-12H,(H,5,6)(H,7,8)/t3-,4+. The highest BCUT2D eigenvalue weighted by Crippen LogP contribution is 2.30. The summed E-state index contributed by atoms with van der Waals surface area (Å²) in [5, 5.41) is 34.1. The second kappa shape index (κ2) is 3.13. The number of rotatable bonds is 3. The first-order valence-corrected chi connectivity index (χ1v) is 3.39. The minimum atomic E-state index is -3.15. The van der Waals surface area contributed by atoms with Crippen LogP contribution in [0.15, 0.2) is 0 Å². The first-order valence-electron chi connectivity index (χ1n) is 2.50. The Hall–Kier alpha value is -0.440. The van der Waals surface area contributed by atoms with Crippen molar-refractivity contribution in [3.05, 3.63) is 0 Å². The molecule has 0 saturated carbocycles. The normalized spacial score (nSPS) is 20.7. The highest BCUT2D eigenvalue weighted by molar-refractivity contribution is 7.87. The van der Waals surface area contributed by atoms with Gasteiger partial charge in [-0.1, -0.05) is 0 Å². The number of aliphatic carboxylic acids is 2. The number of carbonyl (C=O) groups is 2. The Labute approximate surface area is 77.6 Å². The van der Waals surface area contributed by atoms with Crippen molar-refractivity contribution in [2.75, 3.05) is 0 Å². The maximum atomic E-state index is 10.2. The third-order valence-electron chi connectivity index (χ3n) is 1.08. The van der Waals surface area contributed by atoms with Gasteiger partial charge in [0.25, 0.3) is 9.87 Å². The smallest absolute Gasteiger partial charge is 0.351 e. The molecule has 0 rings (SSSR count). The lowest BCUT2D eigenvalue weighted by molar-refractivity contribution is -0.174. The Bertz CT molecular complexity index is 198. The lowest BCUT2D eigenvalue weighted by atomic mass is 10.2. The average Bonchev–Trinajstić information content (AvgIpc) is 1.86. The lowest BCUT2D eigenvalue weighted by Gasteiger charge is -2.28. The Kier molecular flexibility index (Phi) is 3.02. The summed E-state index contributed by atoms with van der Waals surface area (Å²) in [7, 11) is 0. The van der Waals surface area contributed by atoms with Crippen molar-refractivity contribution in [1.82, 2.24) is 0 Å². The Balaban J connectivity index is 5.01. The number of hydrogen-bond donors (Lipinski definition) is 6. The molecule has 12 heavy (non-hydrogen) atoms. The predicted molar refractivity (Wildman–Crippen MR) is 43.1 cm³/mol. The molecule has 0 bridgehead atoms. The average molecular weight is 214 g/mol. The van der Waals surface area contributed by atoms with Crippen LogP contribution in [0.5, 0.6) is 0 Å². The van der Waals surface area contributed by atoms with E-state index in [9.17, 15) is 9.59 Å². The molecule has 70 valence electrons. The van der Waals surface area contributed by atoms with Crippen LogP contribution < -0.4 is 0 Å². The van der Waals surface area contributed by atoms with Crippen LogP contribution in [0.2, 0.25) is 0 Å². The molecule has 6 nitrogen and oxygen atoms in total. The van der Waals surface area contributed by atoms with Gasteiger partial charge in [0, 0.05) is 0 Å². The van der Waals surface area contributed by atoms with Gasteiger partial charge >= 0.3 is 11.9 Å². The second-order valence-electron chi connectivity index (χ2n) is 1.95. The summed E-state index contributed by atoms with van der Waals surface area (Å²) in [6, 6.07) is 0. The summed E-state index contributed by atoms with van der Waals surface area (Å²) in [4.78, 5) is 14.0. The maximum absolute atomic E-state index is 10.2. The zero-order valence-corrected chi connectivity index (χ0v) is 7.29. The van der Waals surface area contributed by atoms with Crippen molar-refractivity contribution in [3.63, 3.8) is 0 Å². The lowest BCUT2D eigenvalue weighted by Crippen LogP contribution is -2.56. The first-order chi connectivity index (χ1) is 5.14. The van der Waals surface area contributed by atoms with Crippen molar-refractivity contribution < 1.29 is 30.0 Å². The van der Waals surface area contributed by atoms with Crippen LogP contribution in [-0.2, 0) is 9.59 Å². The van der Waals surface area contributed by atoms with Gasteiger partial charge in [-0.25, -0.2) is 9.59 Å². The first kappa shape index (κ1) is 11.6. The van der Waals surface area contributed by atoms with Gasteiger partial charge in [-0.3, -0.25) is 0 Å². The van der Waals surface area contributed by atoms with Crippen molar-refractivity contribution >= 4 is 37.2 Å². The van der Waals surface area contributed by atoms with Gasteiger partial charge in [0.1, 0.15) is 0 Å². The van der Waals surface area contributed by atoms with Crippen molar-refractivity contribution in [1.29, 1.82) is 0 Å². The zero-order valence-electron chi connectivity index (χ0n) is 5.50. The predicted octanol–water partition coefficient (Wildman–Crippen LogP) is -1.61. The SMILES string of the molecule is O=C(O)[C@](O)(S)[C@](O)(S)C(=O)O. The second-order valence-corrected chi connectivity index (χ2v) is 3.25. The minimum absolute atomic E-state index is 2.01. The van der Waals surface area contributed by atoms with E-state index < -0.39 is 21.8 Å². The number of carboxylic acid groups (broad SMARTS) is 2.